The van der Waals surface area contributed by atoms with Crippen LogP contribution >= 0.6 is 11.3 Å². The molecule has 0 aliphatic rings. The van der Waals surface area contributed by atoms with E-state index in [1.807, 2.05) is 17.5 Å². The number of thiazole rings is 1. The summed E-state index contributed by atoms with van der Waals surface area (Å²) >= 11 is 1.56. The molecule has 3 rings (SSSR count). The van der Waals surface area contributed by atoms with Crippen molar-refractivity contribution in [3.63, 3.8) is 0 Å². The monoisotopic (exact) mass is 297 g/mol. The molecule has 0 saturated heterocycles. The van der Waals surface area contributed by atoms with E-state index in [1.54, 1.807) is 41.8 Å². The second-order valence-corrected chi connectivity index (χ2v) is 5.19. The molecule has 0 bridgehead atoms. The number of amides is 1. The predicted octanol–water partition coefficient (Wildman–Crippen LogP) is 2.75. The summed E-state index contributed by atoms with van der Waals surface area (Å²) in [7, 11) is 0. The van der Waals surface area contributed by atoms with Crippen LogP contribution in [-0.2, 0) is 0 Å². The van der Waals surface area contributed by atoms with Gasteiger partial charge < -0.3 is 10.3 Å². The largest absolute Gasteiger partial charge is 0.321 e. The lowest BCUT2D eigenvalue weighted by Crippen LogP contribution is -2.17. The summed E-state index contributed by atoms with van der Waals surface area (Å²) in [6.07, 6.45) is 1.75. The van der Waals surface area contributed by atoms with E-state index >= 15 is 0 Å². The fraction of sp³-hybridized carbons (Fsp3) is 0. The molecule has 0 fully saturated rings. The predicted molar refractivity (Wildman–Crippen MR) is 82.6 cm³/mol. The highest BCUT2D eigenvalue weighted by Crippen LogP contribution is 2.23. The molecular formula is C15H11N3O2S. The van der Waals surface area contributed by atoms with E-state index in [1.165, 1.54) is 6.07 Å². The average Bonchev–Trinajstić information content (AvgIpc) is 3.02. The maximum atomic E-state index is 12.0. The highest BCUT2D eigenvalue weighted by molar-refractivity contribution is 7.13. The van der Waals surface area contributed by atoms with Crippen LogP contribution in [-0.4, -0.2) is 15.9 Å². The molecule has 3 aromatic rings. The molecule has 0 aliphatic heterocycles. The number of nitrogens with one attached hydrogen (secondary N) is 2. The third-order valence-corrected chi connectivity index (χ3v) is 3.66. The summed E-state index contributed by atoms with van der Waals surface area (Å²) in [5, 5.41) is 5.58. The van der Waals surface area contributed by atoms with E-state index in [0.29, 0.717) is 5.69 Å². The molecular weight excluding hydrogens is 286 g/mol. The molecule has 5 nitrogen and oxygen atoms in total. The second-order valence-electron chi connectivity index (χ2n) is 4.30. The van der Waals surface area contributed by atoms with Gasteiger partial charge in [-0.1, -0.05) is 6.07 Å². The van der Waals surface area contributed by atoms with E-state index in [2.05, 4.69) is 15.3 Å². The maximum absolute atomic E-state index is 12.0. The van der Waals surface area contributed by atoms with Crippen LogP contribution in [0.4, 0.5) is 5.69 Å². The van der Waals surface area contributed by atoms with Crippen molar-refractivity contribution in [1.29, 1.82) is 0 Å². The Morgan fingerprint density at radius 3 is 2.62 bits per heavy atom. The van der Waals surface area contributed by atoms with Gasteiger partial charge in [0.05, 0.1) is 0 Å². The minimum absolute atomic E-state index is 0.228. The molecule has 21 heavy (non-hydrogen) atoms. The number of hydrogen-bond acceptors (Lipinski definition) is 4. The molecule has 1 amide bonds. The van der Waals surface area contributed by atoms with E-state index < -0.39 is 0 Å². The van der Waals surface area contributed by atoms with Gasteiger partial charge in [0, 0.05) is 28.9 Å². The van der Waals surface area contributed by atoms with Gasteiger partial charge >= 0.3 is 0 Å². The van der Waals surface area contributed by atoms with E-state index in [0.717, 1.165) is 10.6 Å². The first-order chi connectivity index (χ1) is 10.2. The lowest BCUT2D eigenvalue weighted by atomic mass is 10.2. The van der Waals surface area contributed by atoms with Crippen molar-refractivity contribution in [2.45, 2.75) is 0 Å². The number of anilines is 1. The molecule has 104 valence electrons. The molecule has 0 unspecified atom stereocenters. The highest BCUT2D eigenvalue weighted by Gasteiger charge is 2.07. The van der Waals surface area contributed by atoms with Gasteiger partial charge in [-0.25, -0.2) is 4.98 Å². The van der Waals surface area contributed by atoms with Crippen LogP contribution in [0.15, 0.2) is 58.8 Å². The van der Waals surface area contributed by atoms with E-state index in [-0.39, 0.29) is 17.2 Å². The first-order valence-electron chi connectivity index (χ1n) is 6.23. The number of carbonyl (C=O) groups is 1. The van der Waals surface area contributed by atoms with Crippen LogP contribution in [0.2, 0.25) is 0 Å². The third kappa shape index (κ3) is 3.06. The Bertz CT molecular complexity index is 807. The Kier molecular flexibility index (Phi) is 3.61. The molecule has 2 aromatic heterocycles. The highest BCUT2D eigenvalue weighted by atomic mass is 32.1. The Morgan fingerprint density at radius 2 is 1.95 bits per heavy atom. The summed E-state index contributed by atoms with van der Waals surface area (Å²) < 4.78 is 0. The van der Waals surface area contributed by atoms with Crippen LogP contribution in [0.25, 0.3) is 10.6 Å². The van der Waals surface area contributed by atoms with Crippen molar-refractivity contribution in [3.8, 4) is 10.6 Å². The molecule has 0 radical (unpaired) electrons. The molecule has 0 atom stereocenters. The molecule has 1 aromatic carbocycles. The lowest BCUT2D eigenvalue weighted by molar-refractivity contribution is 0.102. The van der Waals surface area contributed by atoms with Gasteiger partial charge in [-0.3, -0.25) is 9.59 Å². The number of aromatic amines is 1. The minimum Gasteiger partial charge on any atom is -0.321 e. The number of aromatic nitrogens is 2. The summed E-state index contributed by atoms with van der Waals surface area (Å²) in [4.78, 5) is 29.9. The molecule has 2 heterocycles. The van der Waals surface area contributed by atoms with Crippen molar-refractivity contribution in [2.24, 2.45) is 0 Å². The van der Waals surface area contributed by atoms with E-state index in [4.69, 9.17) is 0 Å². The fourth-order valence-electron chi connectivity index (χ4n) is 1.84. The van der Waals surface area contributed by atoms with Crippen LogP contribution in [0, 0.1) is 0 Å². The summed E-state index contributed by atoms with van der Waals surface area (Å²) in [6.45, 7) is 0. The van der Waals surface area contributed by atoms with Crippen LogP contribution in [0.5, 0.6) is 0 Å². The third-order valence-electron chi connectivity index (χ3n) is 2.84. The van der Waals surface area contributed by atoms with Gasteiger partial charge in [0.25, 0.3) is 5.91 Å². The van der Waals surface area contributed by atoms with Crippen molar-refractivity contribution < 1.29 is 4.79 Å². The summed E-state index contributed by atoms with van der Waals surface area (Å²) in [5.41, 5.74) is 1.58. The van der Waals surface area contributed by atoms with Crippen molar-refractivity contribution in [2.75, 3.05) is 5.32 Å². The first-order valence-corrected chi connectivity index (χ1v) is 7.11. The number of carbonyl (C=O) groups excluding carboxylic acids is 1. The SMILES string of the molecule is O=C(Nc1ccc(-c2nccs2)cc1)c1cccc(=O)[nH]1. The van der Waals surface area contributed by atoms with Crippen molar-refractivity contribution in [3.05, 3.63) is 70.1 Å². The Labute approximate surface area is 124 Å². The molecule has 0 saturated carbocycles. The standard InChI is InChI=1S/C15H11N3O2S/c19-13-3-1-2-12(18-13)14(20)17-11-6-4-10(5-7-11)15-16-8-9-21-15/h1-9H,(H,17,20)(H,18,19). The number of rotatable bonds is 3. The summed E-state index contributed by atoms with van der Waals surface area (Å²) in [5.74, 6) is -0.352. The number of nitrogens with zero attached hydrogens (tertiary/aromatic N) is 1. The van der Waals surface area contributed by atoms with Gasteiger partial charge in [0.15, 0.2) is 0 Å². The fourth-order valence-corrected chi connectivity index (χ4v) is 2.49. The lowest BCUT2D eigenvalue weighted by Gasteiger charge is -2.05. The topological polar surface area (TPSA) is 74.8 Å². The maximum Gasteiger partial charge on any atom is 0.272 e. The average molecular weight is 297 g/mol. The van der Waals surface area contributed by atoms with E-state index in [9.17, 15) is 9.59 Å². The molecule has 0 aliphatic carbocycles. The first kappa shape index (κ1) is 13.3. The number of pyridine rings is 1. The Balaban J connectivity index is 1.76. The second kappa shape index (κ2) is 5.72. The van der Waals surface area contributed by atoms with Crippen LogP contribution < -0.4 is 10.9 Å². The Morgan fingerprint density at radius 1 is 1.14 bits per heavy atom. The van der Waals surface area contributed by atoms with Crippen molar-refractivity contribution >= 4 is 22.9 Å². The zero-order chi connectivity index (χ0) is 14.7. The normalized spacial score (nSPS) is 10.3. The number of H-pyrrole nitrogens is 1. The molecule has 0 spiro atoms. The zero-order valence-electron chi connectivity index (χ0n) is 10.9. The van der Waals surface area contributed by atoms with Gasteiger partial charge in [0.1, 0.15) is 10.7 Å². The Hall–Kier alpha value is -2.73. The number of hydrogen-bond donors (Lipinski definition) is 2. The minimum atomic E-state index is -0.352. The smallest absolute Gasteiger partial charge is 0.272 e. The number of benzene rings is 1. The van der Waals surface area contributed by atoms with Gasteiger partial charge in [-0.05, 0) is 30.3 Å². The van der Waals surface area contributed by atoms with Crippen LogP contribution in [0.3, 0.4) is 0 Å². The quantitative estimate of drug-likeness (QED) is 0.780. The molecule has 2 N–H and O–H groups in total. The van der Waals surface area contributed by atoms with Gasteiger partial charge in [0.2, 0.25) is 5.56 Å². The van der Waals surface area contributed by atoms with Crippen LogP contribution in [0.1, 0.15) is 10.5 Å². The summed E-state index contributed by atoms with van der Waals surface area (Å²) in [6, 6.07) is 11.8. The van der Waals surface area contributed by atoms with Crippen molar-refractivity contribution in [1.82, 2.24) is 9.97 Å². The zero-order valence-corrected chi connectivity index (χ0v) is 11.7. The van der Waals surface area contributed by atoms with Gasteiger partial charge in [-0.15, -0.1) is 11.3 Å². The van der Waals surface area contributed by atoms with Gasteiger partial charge in [-0.2, -0.15) is 0 Å². The molecule has 6 heteroatoms.